The normalized spacial score (nSPS) is 19.1. The van der Waals surface area contributed by atoms with Crippen molar-refractivity contribution in [3.63, 3.8) is 0 Å². The van der Waals surface area contributed by atoms with Gasteiger partial charge in [-0.3, -0.25) is 9.78 Å². The lowest BCUT2D eigenvalue weighted by Gasteiger charge is -2.10. The molecular formula is C19H18BrN5OS. The minimum Gasteiger partial charge on any atom is -0.348 e. The third-order valence-electron chi connectivity index (χ3n) is 4.43. The highest BCUT2D eigenvalue weighted by molar-refractivity contribution is 9.10. The summed E-state index contributed by atoms with van der Waals surface area (Å²) in [7, 11) is 0. The molecule has 0 radical (unpaired) electrons. The Bertz CT molecular complexity index is 915. The first-order chi connectivity index (χ1) is 13.2. The summed E-state index contributed by atoms with van der Waals surface area (Å²) < 4.78 is 1.04. The number of thiazole rings is 1. The van der Waals surface area contributed by atoms with Gasteiger partial charge in [-0.2, -0.15) is 0 Å². The molecule has 1 saturated heterocycles. The molecule has 0 spiro atoms. The number of hydrogen-bond acceptors (Lipinski definition) is 6. The molecule has 138 valence electrons. The molecule has 1 amide bonds. The van der Waals surface area contributed by atoms with E-state index < -0.39 is 0 Å². The molecule has 8 heteroatoms. The van der Waals surface area contributed by atoms with Crippen LogP contribution in [0.1, 0.15) is 23.0 Å². The molecule has 1 aromatic carbocycles. The maximum absolute atomic E-state index is 12.5. The van der Waals surface area contributed by atoms with Crippen molar-refractivity contribution >= 4 is 33.2 Å². The minimum atomic E-state index is -0.265. The van der Waals surface area contributed by atoms with E-state index in [-0.39, 0.29) is 18.0 Å². The summed E-state index contributed by atoms with van der Waals surface area (Å²) in [6.45, 7) is 0.426. The Balaban J connectivity index is 1.31. The summed E-state index contributed by atoms with van der Waals surface area (Å²) in [4.78, 5) is 21.1. The van der Waals surface area contributed by atoms with Gasteiger partial charge in [0.05, 0.1) is 12.2 Å². The molecule has 0 aliphatic carbocycles. The number of benzene rings is 1. The first-order valence-electron chi connectivity index (χ1n) is 8.58. The number of rotatable bonds is 5. The maximum atomic E-state index is 12.5. The van der Waals surface area contributed by atoms with Gasteiger partial charge < -0.3 is 5.32 Å². The van der Waals surface area contributed by atoms with Crippen molar-refractivity contribution in [2.75, 3.05) is 0 Å². The maximum Gasteiger partial charge on any atom is 0.238 e. The van der Waals surface area contributed by atoms with Crippen molar-refractivity contribution in [2.45, 2.75) is 25.0 Å². The average Bonchev–Trinajstić information content (AvgIpc) is 3.37. The third kappa shape index (κ3) is 4.41. The van der Waals surface area contributed by atoms with Crippen molar-refractivity contribution in [2.24, 2.45) is 0 Å². The smallest absolute Gasteiger partial charge is 0.238 e. The Morgan fingerprint density at radius 1 is 1.19 bits per heavy atom. The number of nitrogens with zero attached hydrogens (tertiary/aromatic N) is 2. The predicted molar refractivity (Wildman–Crippen MR) is 109 cm³/mol. The molecule has 3 heterocycles. The first-order valence-corrected chi connectivity index (χ1v) is 10.3. The summed E-state index contributed by atoms with van der Waals surface area (Å²) in [5.41, 5.74) is 9.38. The zero-order valence-corrected chi connectivity index (χ0v) is 16.8. The van der Waals surface area contributed by atoms with E-state index in [2.05, 4.69) is 54.2 Å². The van der Waals surface area contributed by atoms with Gasteiger partial charge in [0.15, 0.2) is 0 Å². The van der Waals surface area contributed by atoms with Crippen LogP contribution >= 0.6 is 27.3 Å². The van der Waals surface area contributed by atoms with Gasteiger partial charge in [-0.1, -0.05) is 28.1 Å². The molecule has 0 saturated carbocycles. The molecule has 3 N–H and O–H groups in total. The van der Waals surface area contributed by atoms with Crippen molar-refractivity contribution < 1.29 is 4.79 Å². The molecule has 0 bridgehead atoms. The SMILES string of the molecule is O=C(NCc1nc(-c2ccncc2)cs1)C1CC(c2ccc(Br)cc2)NN1. The highest BCUT2D eigenvalue weighted by Gasteiger charge is 2.30. The van der Waals surface area contributed by atoms with E-state index in [1.54, 1.807) is 23.7 Å². The molecule has 2 aromatic heterocycles. The van der Waals surface area contributed by atoms with Gasteiger partial charge in [-0.25, -0.2) is 15.8 Å². The van der Waals surface area contributed by atoms with E-state index in [4.69, 9.17) is 0 Å². The van der Waals surface area contributed by atoms with Crippen LogP contribution in [0.4, 0.5) is 0 Å². The molecule has 2 atom stereocenters. The van der Waals surface area contributed by atoms with Crippen LogP contribution in [-0.2, 0) is 11.3 Å². The van der Waals surface area contributed by atoms with Crippen LogP contribution < -0.4 is 16.2 Å². The number of carbonyl (C=O) groups is 1. The van der Waals surface area contributed by atoms with E-state index in [0.717, 1.165) is 26.3 Å². The fourth-order valence-corrected chi connectivity index (χ4v) is 3.98. The topological polar surface area (TPSA) is 78.9 Å². The Labute approximate surface area is 169 Å². The summed E-state index contributed by atoms with van der Waals surface area (Å²) in [5, 5.41) is 5.85. The molecule has 3 aromatic rings. The molecule has 27 heavy (non-hydrogen) atoms. The molecular weight excluding hydrogens is 426 g/mol. The first kappa shape index (κ1) is 18.2. The lowest BCUT2D eigenvalue weighted by atomic mass is 10.0. The van der Waals surface area contributed by atoms with Crippen LogP contribution in [0.25, 0.3) is 11.3 Å². The highest BCUT2D eigenvalue weighted by atomic mass is 79.9. The second kappa shape index (κ2) is 8.26. The van der Waals surface area contributed by atoms with Crippen molar-refractivity contribution in [1.82, 2.24) is 26.1 Å². The fourth-order valence-electron chi connectivity index (χ4n) is 2.98. The van der Waals surface area contributed by atoms with E-state index in [1.165, 1.54) is 0 Å². The number of hydrogen-bond donors (Lipinski definition) is 3. The molecule has 1 aliphatic rings. The number of aromatic nitrogens is 2. The molecule has 1 aliphatic heterocycles. The number of halogens is 1. The van der Waals surface area contributed by atoms with E-state index in [9.17, 15) is 4.79 Å². The van der Waals surface area contributed by atoms with E-state index in [1.807, 2.05) is 29.6 Å². The van der Waals surface area contributed by atoms with Gasteiger partial charge in [-0.15, -0.1) is 11.3 Å². The number of nitrogens with one attached hydrogen (secondary N) is 3. The van der Waals surface area contributed by atoms with Gasteiger partial charge in [0.25, 0.3) is 0 Å². The van der Waals surface area contributed by atoms with Crippen LogP contribution in [0.15, 0.2) is 58.6 Å². The second-order valence-corrected chi connectivity index (χ2v) is 8.12. The average molecular weight is 444 g/mol. The van der Waals surface area contributed by atoms with Crippen molar-refractivity contribution in [3.05, 3.63) is 69.2 Å². The van der Waals surface area contributed by atoms with Gasteiger partial charge in [-0.05, 0) is 36.2 Å². The van der Waals surface area contributed by atoms with Gasteiger partial charge >= 0.3 is 0 Å². The molecule has 2 unspecified atom stereocenters. The van der Waals surface area contributed by atoms with Crippen LogP contribution in [-0.4, -0.2) is 21.9 Å². The Kier molecular flexibility index (Phi) is 5.58. The highest BCUT2D eigenvalue weighted by Crippen LogP contribution is 2.24. The van der Waals surface area contributed by atoms with Gasteiger partial charge in [0.2, 0.25) is 5.91 Å². The number of carbonyl (C=O) groups excluding carboxylic acids is 1. The number of hydrazine groups is 1. The predicted octanol–water partition coefficient (Wildman–Crippen LogP) is 3.19. The molecule has 1 fully saturated rings. The van der Waals surface area contributed by atoms with Crippen molar-refractivity contribution in [1.29, 1.82) is 0 Å². The quantitative estimate of drug-likeness (QED) is 0.564. The Morgan fingerprint density at radius 2 is 1.96 bits per heavy atom. The molecule has 6 nitrogen and oxygen atoms in total. The number of pyridine rings is 1. The van der Waals surface area contributed by atoms with Crippen LogP contribution in [0, 0.1) is 0 Å². The second-order valence-electron chi connectivity index (χ2n) is 6.26. The van der Waals surface area contributed by atoms with E-state index >= 15 is 0 Å². The Hall–Kier alpha value is -2.13. The van der Waals surface area contributed by atoms with E-state index in [0.29, 0.717) is 13.0 Å². The largest absolute Gasteiger partial charge is 0.348 e. The summed E-state index contributed by atoms with van der Waals surface area (Å²) >= 11 is 4.98. The van der Waals surface area contributed by atoms with Gasteiger partial charge in [0.1, 0.15) is 11.0 Å². The zero-order valence-electron chi connectivity index (χ0n) is 14.4. The monoisotopic (exact) mass is 443 g/mol. The number of amides is 1. The third-order valence-corrected chi connectivity index (χ3v) is 5.81. The van der Waals surface area contributed by atoms with Gasteiger partial charge in [0, 0.05) is 33.9 Å². The van der Waals surface area contributed by atoms with Crippen LogP contribution in [0.5, 0.6) is 0 Å². The lowest BCUT2D eigenvalue weighted by Crippen LogP contribution is -2.42. The standard InChI is InChI=1S/C19H18BrN5OS/c20-14-3-1-12(2-4-14)15-9-16(25-24-15)19(26)22-10-18-23-17(11-27-18)13-5-7-21-8-6-13/h1-8,11,15-16,24-25H,9-10H2,(H,22,26). The Morgan fingerprint density at radius 3 is 2.74 bits per heavy atom. The summed E-state index contributed by atoms with van der Waals surface area (Å²) in [5.74, 6) is -0.0252. The zero-order chi connectivity index (χ0) is 18.6. The summed E-state index contributed by atoms with van der Waals surface area (Å²) in [6, 6.07) is 11.8. The summed E-state index contributed by atoms with van der Waals surface area (Å²) in [6.07, 6.45) is 4.20. The lowest BCUT2D eigenvalue weighted by molar-refractivity contribution is -0.123. The van der Waals surface area contributed by atoms with Crippen molar-refractivity contribution in [3.8, 4) is 11.3 Å². The minimum absolute atomic E-state index is 0.0252. The van der Waals surface area contributed by atoms with Crippen LogP contribution in [0.2, 0.25) is 0 Å². The fraction of sp³-hybridized carbons (Fsp3) is 0.211. The molecule has 4 rings (SSSR count). The van der Waals surface area contributed by atoms with Crippen LogP contribution in [0.3, 0.4) is 0 Å².